The summed E-state index contributed by atoms with van der Waals surface area (Å²) in [5.41, 5.74) is 4.24. The highest BCUT2D eigenvalue weighted by atomic mass is 16.5. The van der Waals surface area contributed by atoms with Crippen LogP contribution < -0.4 is 10.2 Å². The molecule has 166 valence electrons. The Morgan fingerprint density at radius 1 is 1.31 bits per heavy atom. The first-order valence-corrected chi connectivity index (χ1v) is 11.2. The Labute approximate surface area is 185 Å². The highest BCUT2D eigenvalue weighted by Gasteiger charge is 2.45. The van der Waals surface area contributed by atoms with Crippen molar-refractivity contribution in [2.45, 2.75) is 38.3 Å². The third kappa shape index (κ3) is 3.37. The zero-order valence-corrected chi connectivity index (χ0v) is 18.0. The molecule has 3 aromatic rings. The Morgan fingerprint density at radius 2 is 2.16 bits per heavy atom. The van der Waals surface area contributed by atoms with Gasteiger partial charge in [0.1, 0.15) is 5.82 Å². The van der Waals surface area contributed by atoms with Crippen LogP contribution in [-0.4, -0.2) is 43.8 Å². The monoisotopic (exact) mass is 434 g/mol. The van der Waals surface area contributed by atoms with E-state index in [0.29, 0.717) is 17.8 Å². The molecule has 2 aliphatic carbocycles. The van der Waals surface area contributed by atoms with Gasteiger partial charge < -0.3 is 24.4 Å². The van der Waals surface area contributed by atoms with Crippen molar-refractivity contribution in [1.82, 2.24) is 25.0 Å². The van der Waals surface area contributed by atoms with Crippen molar-refractivity contribution in [1.29, 1.82) is 0 Å². The molecule has 32 heavy (non-hydrogen) atoms. The van der Waals surface area contributed by atoms with E-state index in [4.69, 9.17) is 4.52 Å². The summed E-state index contributed by atoms with van der Waals surface area (Å²) in [6.45, 7) is 1.98. The van der Waals surface area contributed by atoms with Crippen molar-refractivity contribution in [3.8, 4) is 0 Å². The molecule has 1 aliphatic heterocycles. The minimum atomic E-state index is -0.296. The van der Waals surface area contributed by atoms with Gasteiger partial charge in [-0.1, -0.05) is 11.2 Å². The molecule has 9 heteroatoms. The number of anilines is 1. The number of carbonyl (C=O) groups is 1. The number of aliphatic hydroxyl groups excluding tert-OH is 1. The Hall–Kier alpha value is -3.20. The van der Waals surface area contributed by atoms with E-state index in [1.807, 2.05) is 23.7 Å². The molecule has 1 saturated heterocycles. The molecule has 4 heterocycles. The number of hydrogen-bond acceptors (Lipinski definition) is 7. The quantitative estimate of drug-likeness (QED) is 0.608. The van der Waals surface area contributed by atoms with E-state index in [9.17, 15) is 9.90 Å². The summed E-state index contributed by atoms with van der Waals surface area (Å²) in [6.07, 6.45) is 5.28. The van der Waals surface area contributed by atoms with E-state index >= 15 is 0 Å². The summed E-state index contributed by atoms with van der Waals surface area (Å²) in [5, 5.41) is 16.9. The van der Waals surface area contributed by atoms with Gasteiger partial charge in [-0.2, -0.15) is 0 Å². The number of amides is 1. The normalized spacial score (nSPS) is 23.3. The van der Waals surface area contributed by atoms with E-state index < -0.39 is 0 Å². The van der Waals surface area contributed by atoms with Crippen molar-refractivity contribution in [2.24, 2.45) is 18.9 Å². The minimum absolute atomic E-state index is 0.110. The summed E-state index contributed by atoms with van der Waals surface area (Å²) in [5.74, 6) is 2.45. The molecular weight excluding hydrogens is 408 g/mol. The molecule has 0 bridgehead atoms. The predicted molar refractivity (Wildman–Crippen MR) is 115 cm³/mol. The molecule has 2 unspecified atom stereocenters. The molecule has 1 amide bonds. The van der Waals surface area contributed by atoms with Gasteiger partial charge in [-0.15, -0.1) is 0 Å². The fourth-order valence-corrected chi connectivity index (χ4v) is 5.13. The minimum Gasteiger partial charge on any atom is -0.390 e. The Bertz CT molecular complexity index is 1170. The molecule has 0 aromatic carbocycles. The van der Waals surface area contributed by atoms with Crippen LogP contribution in [0.5, 0.6) is 0 Å². The number of carbonyl (C=O) groups excluding carboxylic acids is 1. The highest BCUT2D eigenvalue weighted by molar-refractivity contribution is 5.91. The molecule has 0 spiro atoms. The van der Waals surface area contributed by atoms with Crippen molar-refractivity contribution >= 4 is 11.7 Å². The number of aliphatic hydroxyl groups is 1. The lowest BCUT2D eigenvalue weighted by molar-refractivity contribution is 0.0898. The lowest BCUT2D eigenvalue weighted by Crippen LogP contribution is -2.27. The number of nitrogens with zero attached hydrogens (tertiary/aromatic N) is 5. The Morgan fingerprint density at radius 3 is 2.97 bits per heavy atom. The second-order valence-electron chi connectivity index (χ2n) is 9.21. The average molecular weight is 435 g/mol. The summed E-state index contributed by atoms with van der Waals surface area (Å²) < 4.78 is 7.32. The second kappa shape index (κ2) is 7.44. The molecule has 2 fully saturated rings. The first-order chi connectivity index (χ1) is 15.6. The smallest absolute Gasteiger partial charge is 0.290 e. The van der Waals surface area contributed by atoms with E-state index in [-0.39, 0.29) is 24.3 Å². The third-order valence-corrected chi connectivity index (χ3v) is 7.06. The number of hydrogen-bond donors (Lipinski definition) is 2. The fraction of sp³-hybridized carbons (Fsp3) is 0.478. The number of rotatable bonds is 6. The lowest BCUT2D eigenvalue weighted by Gasteiger charge is -2.20. The molecule has 1 saturated carbocycles. The summed E-state index contributed by atoms with van der Waals surface area (Å²) in [4.78, 5) is 24.1. The van der Waals surface area contributed by atoms with E-state index in [0.717, 1.165) is 60.5 Å². The van der Waals surface area contributed by atoms with Gasteiger partial charge in [0.25, 0.3) is 5.91 Å². The van der Waals surface area contributed by atoms with Gasteiger partial charge in [0, 0.05) is 38.3 Å². The lowest BCUT2D eigenvalue weighted by atomic mass is 10.1. The number of aryl methyl sites for hydroxylation is 1. The Kier molecular flexibility index (Phi) is 4.53. The van der Waals surface area contributed by atoms with Gasteiger partial charge in [-0.05, 0) is 42.7 Å². The number of aromatic nitrogens is 4. The average Bonchev–Trinajstić information content (AvgIpc) is 3.27. The zero-order chi connectivity index (χ0) is 21.8. The van der Waals surface area contributed by atoms with Crippen LogP contribution in [-0.2, 0) is 26.5 Å². The SMILES string of the molecule is Cn1cnc2c1CC[C@H]2NC(=O)c1cc(Cc2ccc(N3CC4CC4C3)nc2CO)no1. The highest BCUT2D eigenvalue weighted by Crippen LogP contribution is 2.46. The maximum Gasteiger partial charge on any atom is 0.290 e. The van der Waals surface area contributed by atoms with Crippen LogP contribution in [0, 0.1) is 11.8 Å². The van der Waals surface area contributed by atoms with E-state index in [2.05, 4.69) is 25.3 Å². The van der Waals surface area contributed by atoms with Crippen LogP contribution in [0.15, 0.2) is 29.0 Å². The fourth-order valence-electron chi connectivity index (χ4n) is 5.13. The zero-order valence-electron chi connectivity index (χ0n) is 18.0. The van der Waals surface area contributed by atoms with Gasteiger partial charge in [0.05, 0.1) is 36.1 Å². The molecule has 6 rings (SSSR count). The first-order valence-electron chi connectivity index (χ1n) is 11.2. The standard InChI is InChI=1S/C23H26N6O3/c1-28-12-24-22-17(3-4-19(22)28)26-23(31)20-8-16(27-32-20)7-13-2-5-21(25-18(13)11-30)29-9-14-6-15(14)10-29/h2,5,8,12,14-15,17,30H,3-4,6-7,9-11H2,1H3,(H,26,31)/t14?,15?,17-/m1/s1. The first kappa shape index (κ1) is 19.5. The maximum atomic E-state index is 12.7. The summed E-state index contributed by atoms with van der Waals surface area (Å²) >= 11 is 0. The molecule has 0 radical (unpaired) electrons. The van der Waals surface area contributed by atoms with Crippen molar-refractivity contribution in [3.63, 3.8) is 0 Å². The summed E-state index contributed by atoms with van der Waals surface area (Å²) in [6, 6.07) is 5.55. The summed E-state index contributed by atoms with van der Waals surface area (Å²) in [7, 11) is 1.97. The van der Waals surface area contributed by atoms with Crippen LogP contribution >= 0.6 is 0 Å². The van der Waals surface area contributed by atoms with Crippen molar-refractivity contribution in [2.75, 3.05) is 18.0 Å². The number of piperidine rings is 1. The number of nitrogens with one attached hydrogen (secondary N) is 1. The van der Waals surface area contributed by atoms with Gasteiger partial charge in [0.2, 0.25) is 5.76 Å². The third-order valence-electron chi connectivity index (χ3n) is 7.06. The van der Waals surface area contributed by atoms with E-state index in [1.165, 1.54) is 6.42 Å². The van der Waals surface area contributed by atoms with E-state index in [1.54, 1.807) is 12.4 Å². The van der Waals surface area contributed by atoms with Crippen LogP contribution in [0.2, 0.25) is 0 Å². The molecule has 2 N–H and O–H groups in total. The molecule has 3 aromatic heterocycles. The van der Waals surface area contributed by atoms with Gasteiger partial charge in [-0.25, -0.2) is 9.97 Å². The largest absolute Gasteiger partial charge is 0.390 e. The van der Waals surface area contributed by atoms with Gasteiger partial charge in [0.15, 0.2) is 0 Å². The number of imidazole rings is 1. The van der Waals surface area contributed by atoms with Crippen LogP contribution in [0.1, 0.15) is 57.8 Å². The van der Waals surface area contributed by atoms with Crippen LogP contribution in [0.4, 0.5) is 5.82 Å². The molecule has 9 nitrogen and oxygen atoms in total. The van der Waals surface area contributed by atoms with Crippen LogP contribution in [0.25, 0.3) is 0 Å². The molecule has 3 atom stereocenters. The Balaban J connectivity index is 1.13. The molecular formula is C23H26N6O3. The number of pyridine rings is 1. The van der Waals surface area contributed by atoms with Gasteiger partial charge >= 0.3 is 0 Å². The molecule has 3 aliphatic rings. The number of fused-ring (bicyclic) bond motifs is 2. The van der Waals surface area contributed by atoms with Crippen LogP contribution in [0.3, 0.4) is 0 Å². The predicted octanol–water partition coefficient (Wildman–Crippen LogP) is 1.76. The second-order valence-corrected chi connectivity index (χ2v) is 9.21. The topological polar surface area (TPSA) is 109 Å². The van der Waals surface area contributed by atoms with Gasteiger partial charge in [-0.3, -0.25) is 4.79 Å². The maximum absolute atomic E-state index is 12.7. The van der Waals surface area contributed by atoms with Crippen molar-refractivity contribution < 1.29 is 14.4 Å². The van der Waals surface area contributed by atoms with Crippen molar-refractivity contribution in [3.05, 3.63) is 58.6 Å².